The second-order valence-corrected chi connectivity index (χ2v) is 6.54. The summed E-state index contributed by atoms with van der Waals surface area (Å²) in [6.45, 7) is 0.277. The van der Waals surface area contributed by atoms with Gasteiger partial charge in [-0.05, 0) is 18.2 Å². The van der Waals surface area contributed by atoms with Crippen LogP contribution in [0.25, 0.3) is 0 Å². The molecule has 2 rings (SSSR count). The topological polar surface area (TPSA) is 63.4 Å². The lowest BCUT2D eigenvalue weighted by atomic mass is 10.2. The lowest BCUT2D eigenvalue weighted by Gasteiger charge is -2.35. The Morgan fingerprint density at radius 3 is 2.32 bits per heavy atom. The van der Waals surface area contributed by atoms with Gasteiger partial charge in [0, 0.05) is 19.1 Å². The number of hydrogen-bond acceptors (Lipinski definition) is 3. The number of hydrogen-bond donors (Lipinski definition) is 1. The zero-order valence-electron chi connectivity index (χ0n) is 9.48. The van der Waals surface area contributed by atoms with Gasteiger partial charge in [-0.3, -0.25) is 0 Å². The Kier molecular flexibility index (Phi) is 3.54. The number of alkyl halides is 3. The fourth-order valence-electron chi connectivity index (χ4n) is 1.69. The normalized spacial score (nSPS) is 18.4. The molecule has 106 valence electrons. The van der Waals surface area contributed by atoms with Crippen LogP contribution in [0.2, 0.25) is 5.02 Å². The van der Waals surface area contributed by atoms with E-state index < -0.39 is 26.8 Å². The van der Waals surface area contributed by atoms with E-state index in [1.165, 1.54) is 0 Å². The van der Waals surface area contributed by atoms with Crippen molar-refractivity contribution < 1.29 is 21.6 Å². The van der Waals surface area contributed by atoms with E-state index in [1.54, 1.807) is 0 Å². The van der Waals surface area contributed by atoms with E-state index in [2.05, 4.69) is 0 Å². The van der Waals surface area contributed by atoms with Gasteiger partial charge in [-0.1, -0.05) is 11.6 Å². The minimum atomic E-state index is -4.56. The van der Waals surface area contributed by atoms with E-state index in [0.717, 1.165) is 10.4 Å². The van der Waals surface area contributed by atoms with Gasteiger partial charge < -0.3 is 5.73 Å². The average molecular weight is 315 g/mol. The molecule has 0 amide bonds. The maximum absolute atomic E-state index is 12.4. The molecule has 1 aromatic carbocycles. The highest BCUT2D eigenvalue weighted by atomic mass is 35.5. The summed E-state index contributed by atoms with van der Waals surface area (Å²) in [4.78, 5) is -0.339. The smallest absolute Gasteiger partial charge is 0.325 e. The van der Waals surface area contributed by atoms with Crippen molar-refractivity contribution in [2.75, 3.05) is 13.1 Å². The maximum Gasteiger partial charge on any atom is 0.416 e. The van der Waals surface area contributed by atoms with Crippen LogP contribution in [0, 0.1) is 0 Å². The van der Waals surface area contributed by atoms with Crippen LogP contribution in [-0.4, -0.2) is 31.9 Å². The molecule has 1 aromatic rings. The van der Waals surface area contributed by atoms with Gasteiger partial charge in [0.1, 0.15) is 4.90 Å². The Bertz CT molecular complexity index is 597. The van der Waals surface area contributed by atoms with Gasteiger partial charge in [-0.2, -0.15) is 17.5 Å². The summed E-state index contributed by atoms with van der Waals surface area (Å²) >= 11 is 5.64. The van der Waals surface area contributed by atoms with Crippen LogP contribution >= 0.6 is 11.6 Å². The minimum absolute atomic E-state index is 0.139. The molecule has 4 nitrogen and oxygen atoms in total. The molecular weight excluding hydrogens is 305 g/mol. The maximum atomic E-state index is 12.4. The Hall–Kier alpha value is -0.830. The third-order valence-electron chi connectivity index (χ3n) is 2.75. The summed E-state index contributed by atoms with van der Waals surface area (Å²) in [6.07, 6.45) is -4.56. The van der Waals surface area contributed by atoms with Crippen molar-refractivity contribution in [2.45, 2.75) is 17.1 Å². The van der Waals surface area contributed by atoms with Crippen LogP contribution in [0.15, 0.2) is 23.1 Å². The molecule has 0 bridgehead atoms. The highest BCUT2D eigenvalue weighted by molar-refractivity contribution is 7.89. The molecule has 2 N–H and O–H groups in total. The molecular formula is C10H10ClF3N2O2S. The Balaban J connectivity index is 2.37. The fourth-order valence-corrected chi connectivity index (χ4v) is 3.76. The monoisotopic (exact) mass is 314 g/mol. The van der Waals surface area contributed by atoms with Crippen molar-refractivity contribution in [1.82, 2.24) is 4.31 Å². The largest absolute Gasteiger partial charge is 0.416 e. The second kappa shape index (κ2) is 4.62. The molecule has 1 fully saturated rings. The first-order chi connectivity index (χ1) is 8.62. The van der Waals surface area contributed by atoms with Gasteiger partial charge in [0.25, 0.3) is 0 Å². The third kappa shape index (κ3) is 2.71. The average Bonchev–Trinajstić information content (AvgIpc) is 2.23. The Morgan fingerprint density at radius 2 is 1.89 bits per heavy atom. The van der Waals surface area contributed by atoms with E-state index in [4.69, 9.17) is 17.3 Å². The van der Waals surface area contributed by atoms with Gasteiger partial charge in [0.2, 0.25) is 10.0 Å². The zero-order valence-corrected chi connectivity index (χ0v) is 11.1. The van der Waals surface area contributed by atoms with Crippen LogP contribution in [0.4, 0.5) is 13.2 Å². The Morgan fingerprint density at radius 1 is 1.32 bits per heavy atom. The number of nitrogens with zero attached hydrogens (tertiary/aromatic N) is 1. The first-order valence-corrected chi connectivity index (χ1v) is 7.06. The molecule has 0 radical (unpaired) electrons. The van der Waals surface area contributed by atoms with Gasteiger partial charge in [0.15, 0.2) is 0 Å². The van der Waals surface area contributed by atoms with Crippen LogP contribution in [-0.2, 0) is 16.2 Å². The van der Waals surface area contributed by atoms with Gasteiger partial charge in [-0.15, -0.1) is 0 Å². The molecule has 0 spiro atoms. The Labute approximate surface area is 113 Å². The van der Waals surface area contributed by atoms with Crippen LogP contribution in [0.1, 0.15) is 5.56 Å². The molecule has 1 heterocycles. The van der Waals surface area contributed by atoms with Crippen molar-refractivity contribution >= 4 is 21.6 Å². The zero-order chi connectivity index (χ0) is 14.4. The summed E-state index contributed by atoms with van der Waals surface area (Å²) in [5.41, 5.74) is 4.49. The number of benzene rings is 1. The van der Waals surface area contributed by atoms with Gasteiger partial charge >= 0.3 is 6.18 Å². The molecule has 0 aliphatic carbocycles. The van der Waals surface area contributed by atoms with E-state index in [-0.39, 0.29) is 24.0 Å². The molecule has 0 saturated carbocycles. The molecule has 0 atom stereocenters. The third-order valence-corrected chi connectivity index (χ3v) is 5.07. The number of sulfonamides is 1. The lowest BCUT2D eigenvalue weighted by Crippen LogP contribution is -2.57. The summed E-state index contributed by atoms with van der Waals surface area (Å²) in [7, 11) is -3.87. The van der Waals surface area contributed by atoms with Crippen molar-refractivity contribution in [2.24, 2.45) is 5.73 Å². The summed E-state index contributed by atoms with van der Waals surface area (Å²) in [6, 6.07) is 1.92. The predicted molar refractivity (Wildman–Crippen MR) is 63.2 cm³/mol. The summed E-state index contributed by atoms with van der Waals surface area (Å²) in [5, 5.41) is -0.449. The molecule has 0 aromatic heterocycles. The standard InChI is InChI=1S/C10H10ClF3N2O2S/c11-8-3-6(10(12,13)14)1-2-9(8)19(17,18)16-4-7(15)5-16/h1-3,7H,4-5,15H2. The van der Waals surface area contributed by atoms with Crippen molar-refractivity contribution in [3.05, 3.63) is 28.8 Å². The van der Waals surface area contributed by atoms with Crippen molar-refractivity contribution in [1.29, 1.82) is 0 Å². The van der Waals surface area contributed by atoms with Gasteiger partial charge in [0.05, 0.1) is 10.6 Å². The van der Waals surface area contributed by atoms with E-state index in [1.807, 2.05) is 0 Å². The predicted octanol–water partition coefficient (Wildman–Crippen LogP) is 1.69. The quantitative estimate of drug-likeness (QED) is 0.903. The first kappa shape index (κ1) is 14.6. The molecule has 9 heteroatoms. The van der Waals surface area contributed by atoms with E-state index in [9.17, 15) is 21.6 Å². The second-order valence-electron chi connectivity index (χ2n) is 4.23. The van der Waals surface area contributed by atoms with Crippen LogP contribution in [0.5, 0.6) is 0 Å². The van der Waals surface area contributed by atoms with Crippen LogP contribution in [0.3, 0.4) is 0 Å². The van der Waals surface area contributed by atoms with E-state index >= 15 is 0 Å². The molecule has 1 saturated heterocycles. The molecule has 1 aliphatic rings. The number of halogens is 4. The van der Waals surface area contributed by atoms with Crippen LogP contribution < -0.4 is 5.73 Å². The summed E-state index contributed by atoms with van der Waals surface area (Å²) in [5.74, 6) is 0. The molecule has 0 unspecified atom stereocenters. The first-order valence-electron chi connectivity index (χ1n) is 5.25. The van der Waals surface area contributed by atoms with Crippen molar-refractivity contribution in [3.8, 4) is 0 Å². The SMILES string of the molecule is NC1CN(S(=O)(=O)c2ccc(C(F)(F)F)cc2Cl)C1. The minimum Gasteiger partial charge on any atom is -0.325 e. The lowest BCUT2D eigenvalue weighted by molar-refractivity contribution is -0.137. The highest BCUT2D eigenvalue weighted by Gasteiger charge is 2.37. The van der Waals surface area contributed by atoms with Gasteiger partial charge in [-0.25, -0.2) is 8.42 Å². The highest BCUT2D eigenvalue weighted by Crippen LogP contribution is 2.34. The van der Waals surface area contributed by atoms with Crippen molar-refractivity contribution in [3.63, 3.8) is 0 Å². The molecule has 1 aliphatic heterocycles. The summed E-state index contributed by atoms with van der Waals surface area (Å²) < 4.78 is 62.5. The molecule has 19 heavy (non-hydrogen) atoms. The number of rotatable bonds is 2. The number of nitrogens with two attached hydrogens (primary N) is 1. The fraction of sp³-hybridized carbons (Fsp3) is 0.400. The van der Waals surface area contributed by atoms with E-state index in [0.29, 0.717) is 12.1 Å².